The van der Waals surface area contributed by atoms with Gasteiger partial charge in [-0.05, 0) is 38.3 Å². The summed E-state index contributed by atoms with van der Waals surface area (Å²) in [4.78, 5) is 22.9. The third-order valence-corrected chi connectivity index (χ3v) is 6.45. The Morgan fingerprint density at radius 1 is 0.971 bits per heavy atom. The lowest BCUT2D eigenvalue weighted by atomic mass is 10.0. The average Bonchev–Trinajstić information content (AvgIpc) is 2.83. The van der Waals surface area contributed by atoms with Crippen LogP contribution in [0.25, 0.3) is 22.5 Å². The molecule has 34 heavy (non-hydrogen) atoms. The first-order chi connectivity index (χ1) is 16.4. The largest absolute Gasteiger partial charge is 0.481 e. The minimum Gasteiger partial charge on any atom is -0.481 e. The molecular weight excluding hydrogens is 450 g/mol. The van der Waals surface area contributed by atoms with E-state index in [0.29, 0.717) is 30.1 Å². The van der Waals surface area contributed by atoms with E-state index in [1.54, 1.807) is 0 Å². The van der Waals surface area contributed by atoms with Crippen molar-refractivity contribution in [1.82, 2.24) is 9.97 Å². The molecule has 0 saturated heterocycles. The number of carboxylic acids is 1. The molecule has 1 unspecified atom stereocenters. The summed E-state index contributed by atoms with van der Waals surface area (Å²) >= 11 is 6.11. The van der Waals surface area contributed by atoms with Crippen molar-refractivity contribution < 1.29 is 15.0 Å². The number of aliphatic hydroxyl groups is 1. The number of aryl methyl sites for hydroxylation is 1. The molecule has 0 spiro atoms. The van der Waals surface area contributed by atoms with E-state index in [1.165, 1.54) is 5.56 Å². The van der Waals surface area contributed by atoms with E-state index in [2.05, 4.69) is 36.1 Å². The number of aromatic nitrogens is 2. The molecule has 0 amide bonds. The van der Waals surface area contributed by atoms with Crippen LogP contribution in [-0.2, 0) is 4.79 Å². The zero-order valence-corrected chi connectivity index (χ0v) is 20.1. The van der Waals surface area contributed by atoms with Gasteiger partial charge in [0.15, 0.2) is 5.82 Å². The van der Waals surface area contributed by atoms with E-state index in [0.717, 1.165) is 54.1 Å². The fraction of sp³-hybridized carbons (Fsp3) is 0.370. The molecule has 0 aliphatic carbocycles. The van der Waals surface area contributed by atoms with Crippen molar-refractivity contribution in [3.05, 3.63) is 64.8 Å². The first kappa shape index (κ1) is 24.2. The molecule has 1 aromatic heterocycles. The van der Waals surface area contributed by atoms with Crippen molar-refractivity contribution in [3.8, 4) is 22.5 Å². The van der Waals surface area contributed by atoms with Crippen LogP contribution in [-0.4, -0.2) is 39.2 Å². The fourth-order valence-corrected chi connectivity index (χ4v) is 4.41. The molecule has 2 heterocycles. The first-order valence-corrected chi connectivity index (χ1v) is 12.2. The quantitative estimate of drug-likeness (QED) is 0.363. The Balaban J connectivity index is 1.66. The molecule has 3 aromatic rings. The third-order valence-electron chi connectivity index (χ3n) is 6.20. The van der Waals surface area contributed by atoms with Crippen molar-refractivity contribution in [2.75, 3.05) is 18.0 Å². The minimum atomic E-state index is -0.741. The molecular formula is C27H30ClN3O3. The van der Waals surface area contributed by atoms with Gasteiger partial charge in [-0.1, -0.05) is 66.4 Å². The van der Waals surface area contributed by atoms with Gasteiger partial charge in [0.1, 0.15) is 11.8 Å². The van der Waals surface area contributed by atoms with Crippen LogP contribution in [0, 0.1) is 6.92 Å². The number of hydrogen-bond acceptors (Lipinski definition) is 5. The van der Waals surface area contributed by atoms with Gasteiger partial charge in [-0.25, -0.2) is 9.97 Å². The monoisotopic (exact) mass is 479 g/mol. The lowest BCUT2D eigenvalue weighted by Gasteiger charge is -2.33. The summed E-state index contributed by atoms with van der Waals surface area (Å²) in [6.45, 7) is 3.57. The number of anilines is 1. The highest BCUT2D eigenvalue weighted by molar-refractivity contribution is 6.30. The van der Waals surface area contributed by atoms with Gasteiger partial charge in [-0.15, -0.1) is 0 Å². The zero-order chi connectivity index (χ0) is 24.1. The van der Waals surface area contributed by atoms with Crippen molar-refractivity contribution >= 4 is 23.4 Å². The number of aliphatic carboxylic acids is 1. The number of hydrogen-bond donors (Lipinski definition) is 2. The number of fused-ring (bicyclic) bond motifs is 1. The van der Waals surface area contributed by atoms with E-state index in [1.807, 2.05) is 24.3 Å². The predicted octanol–water partition coefficient (Wildman–Crippen LogP) is 6.05. The van der Waals surface area contributed by atoms with Crippen molar-refractivity contribution in [1.29, 1.82) is 0 Å². The minimum absolute atomic E-state index is 0.220. The maximum atomic E-state index is 10.8. The van der Waals surface area contributed by atoms with Crippen LogP contribution in [0.4, 0.5) is 5.82 Å². The van der Waals surface area contributed by atoms with Gasteiger partial charge in [0, 0.05) is 35.7 Å². The second-order valence-electron chi connectivity index (χ2n) is 8.85. The van der Waals surface area contributed by atoms with E-state index in [9.17, 15) is 9.90 Å². The van der Waals surface area contributed by atoms with Gasteiger partial charge in [-0.2, -0.15) is 0 Å². The second-order valence-corrected chi connectivity index (χ2v) is 9.29. The van der Waals surface area contributed by atoms with Crippen LogP contribution in [0.15, 0.2) is 48.5 Å². The van der Waals surface area contributed by atoms with Crippen LogP contribution in [0.1, 0.15) is 55.9 Å². The van der Waals surface area contributed by atoms with Gasteiger partial charge in [0.25, 0.3) is 0 Å². The molecule has 4 rings (SSSR count). The number of unbranched alkanes of at least 4 members (excludes halogenated alkanes) is 3. The van der Waals surface area contributed by atoms with Gasteiger partial charge in [-0.3, -0.25) is 4.79 Å². The maximum Gasteiger partial charge on any atom is 0.303 e. The molecule has 2 aromatic carbocycles. The molecule has 2 N–H and O–H groups in total. The number of carboxylic acid groups (broad SMARTS) is 1. The molecule has 6 nitrogen and oxygen atoms in total. The summed E-state index contributed by atoms with van der Waals surface area (Å²) in [6, 6.07) is 15.8. The Bertz CT molecular complexity index is 1130. The van der Waals surface area contributed by atoms with Gasteiger partial charge >= 0.3 is 5.97 Å². The Labute approximate surface area is 205 Å². The van der Waals surface area contributed by atoms with Crippen LogP contribution in [0.2, 0.25) is 5.02 Å². The predicted molar refractivity (Wildman–Crippen MR) is 135 cm³/mol. The SMILES string of the molecule is Cc1ccc(-c2nc3c(nc2-c2ccc(Cl)cc2)C(O)CCN3CCCCCCC(=O)O)cc1. The molecule has 0 saturated carbocycles. The highest BCUT2D eigenvalue weighted by Gasteiger charge is 2.29. The molecule has 0 fully saturated rings. The van der Waals surface area contributed by atoms with Crippen molar-refractivity contribution in [3.63, 3.8) is 0 Å². The Morgan fingerprint density at radius 2 is 1.59 bits per heavy atom. The smallest absolute Gasteiger partial charge is 0.303 e. The van der Waals surface area contributed by atoms with Crippen LogP contribution in [0.5, 0.6) is 0 Å². The van der Waals surface area contributed by atoms with Gasteiger partial charge in [0.05, 0.1) is 11.4 Å². The summed E-state index contributed by atoms with van der Waals surface area (Å²) < 4.78 is 0. The fourth-order valence-electron chi connectivity index (χ4n) is 4.29. The van der Waals surface area contributed by atoms with Gasteiger partial charge < -0.3 is 15.1 Å². The number of nitrogens with zero attached hydrogens (tertiary/aromatic N) is 3. The number of benzene rings is 2. The second kappa shape index (κ2) is 11.0. The lowest BCUT2D eigenvalue weighted by molar-refractivity contribution is -0.137. The Morgan fingerprint density at radius 3 is 2.26 bits per heavy atom. The van der Waals surface area contributed by atoms with Crippen LogP contribution >= 0.6 is 11.6 Å². The van der Waals surface area contributed by atoms with Crippen LogP contribution < -0.4 is 4.90 Å². The molecule has 1 aliphatic heterocycles. The van der Waals surface area contributed by atoms with Gasteiger partial charge in [0.2, 0.25) is 0 Å². The topological polar surface area (TPSA) is 86.6 Å². The van der Waals surface area contributed by atoms with E-state index >= 15 is 0 Å². The van der Waals surface area contributed by atoms with E-state index in [4.69, 9.17) is 26.7 Å². The Kier molecular flexibility index (Phi) is 7.80. The standard InChI is InChI=1S/C27H30ClN3O3/c1-18-7-9-19(10-8-18)25-24(20-11-13-21(28)14-12-20)29-26-22(32)15-17-31(27(26)30-25)16-5-3-2-4-6-23(33)34/h7-14,22,32H,2-6,15-17H2,1H3,(H,33,34). The molecule has 7 heteroatoms. The summed E-state index contributed by atoms with van der Waals surface area (Å²) in [7, 11) is 0. The van der Waals surface area contributed by atoms with Crippen LogP contribution in [0.3, 0.4) is 0 Å². The van der Waals surface area contributed by atoms with E-state index in [-0.39, 0.29) is 6.42 Å². The lowest BCUT2D eigenvalue weighted by Crippen LogP contribution is -2.34. The van der Waals surface area contributed by atoms with E-state index < -0.39 is 12.1 Å². The summed E-state index contributed by atoms with van der Waals surface area (Å²) in [5.41, 5.74) is 5.16. The van der Waals surface area contributed by atoms with Crippen molar-refractivity contribution in [2.45, 2.75) is 51.6 Å². The highest BCUT2D eigenvalue weighted by atomic mass is 35.5. The molecule has 1 aliphatic rings. The molecule has 178 valence electrons. The Hall–Kier alpha value is -2.96. The van der Waals surface area contributed by atoms with Crippen molar-refractivity contribution in [2.24, 2.45) is 0 Å². The number of aliphatic hydroxyl groups excluding tert-OH is 1. The normalized spacial score (nSPS) is 15.3. The molecule has 0 bridgehead atoms. The number of rotatable bonds is 9. The highest BCUT2D eigenvalue weighted by Crippen LogP contribution is 2.38. The first-order valence-electron chi connectivity index (χ1n) is 11.8. The number of carbonyl (C=O) groups is 1. The zero-order valence-electron chi connectivity index (χ0n) is 19.4. The maximum absolute atomic E-state index is 10.8. The summed E-state index contributed by atoms with van der Waals surface area (Å²) in [5, 5.41) is 20.2. The number of halogens is 1. The summed E-state index contributed by atoms with van der Waals surface area (Å²) in [6.07, 6.45) is 3.66. The molecule has 0 radical (unpaired) electrons. The average molecular weight is 480 g/mol. The molecule has 1 atom stereocenters. The summed E-state index contributed by atoms with van der Waals surface area (Å²) in [5.74, 6) is -0.00748. The third kappa shape index (κ3) is 5.75.